The van der Waals surface area contributed by atoms with Crippen LogP contribution in [-0.4, -0.2) is 28.8 Å². The minimum atomic E-state index is -1.04. The first-order valence-electron chi connectivity index (χ1n) is 4.87. The standard InChI is InChI=1S/C11H12ClNO3S/c1-7(14)13-10(11(15)16)6-17-9-4-2-8(12)3-5-9/h2-5,10H,6H2,1H3,(H,13,14)(H,15,16). The van der Waals surface area contributed by atoms with Gasteiger partial charge in [0.15, 0.2) is 0 Å². The molecule has 0 aliphatic heterocycles. The largest absolute Gasteiger partial charge is 0.480 e. The van der Waals surface area contributed by atoms with Crippen molar-refractivity contribution < 1.29 is 14.7 Å². The Hall–Kier alpha value is -1.20. The molecule has 1 aromatic carbocycles. The Morgan fingerprint density at radius 2 is 2.00 bits per heavy atom. The molecule has 92 valence electrons. The van der Waals surface area contributed by atoms with Gasteiger partial charge in [0.2, 0.25) is 5.91 Å². The van der Waals surface area contributed by atoms with Gasteiger partial charge in [-0.1, -0.05) is 11.6 Å². The van der Waals surface area contributed by atoms with Crippen LogP contribution < -0.4 is 5.32 Å². The molecule has 1 unspecified atom stereocenters. The molecule has 1 amide bonds. The van der Waals surface area contributed by atoms with Crippen LogP contribution in [0.2, 0.25) is 5.02 Å². The van der Waals surface area contributed by atoms with Crippen LogP contribution in [0.1, 0.15) is 6.92 Å². The van der Waals surface area contributed by atoms with E-state index in [4.69, 9.17) is 16.7 Å². The third-order valence-electron chi connectivity index (χ3n) is 1.91. The Morgan fingerprint density at radius 1 is 1.41 bits per heavy atom. The van der Waals surface area contributed by atoms with Gasteiger partial charge in [0, 0.05) is 22.6 Å². The molecule has 6 heteroatoms. The van der Waals surface area contributed by atoms with Crippen molar-refractivity contribution in [2.45, 2.75) is 17.9 Å². The minimum Gasteiger partial charge on any atom is -0.480 e. The first-order valence-corrected chi connectivity index (χ1v) is 6.23. The summed E-state index contributed by atoms with van der Waals surface area (Å²) in [6.07, 6.45) is 0. The fourth-order valence-corrected chi connectivity index (χ4v) is 2.17. The lowest BCUT2D eigenvalue weighted by Crippen LogP contribution is -2.41. The third kappa shape index (κ3) is 5.10. The van der Waals surface area contributed by atoms with E-state index < -0.39 is 12.0 Å². The molecule has 0 radical (unpaired) electrons. The van der Waals surface area contributed by atoms with E-state index in [2.05, 4.69) is 5.32 Å². The third-order valence-corrected chi connectivity index (χ3v) is 3.26. The van der Waals surface area contributed by atoms with Gasteiger partial charge in [-0.25, -0.2) is 4.79 Å². The highest BCUT2D eigenvalue weighted by atomic mass is 35.5. The SMILES string of the molecule is CC(=O)NC(CSc1ccc(Cl)cc1)C(=O)O. The average Bonchev–Trinajstić information content (AvgIpc) is 2.25. The zero-order chi connectivity index (χ0) is 12.8. The number of hydrogen-bond donors (Lipinski definition) is 2. The van der Waals surface area contributed by atoms with E-state index in [1.165, 1.54) is 18.7 Å². The molecular weight excluding hydrogens is 262 g/mol. The van der Waals surface area contributed by atoms with Gasteiger partial charge in [-0.05, 0) is 24.3 Å². The van der Waals surface area contributed by atoms with Crippen LogP contribution in [0.3, 0.4) is 0 Å². The van der Waals surface area contributed by atoms with Gasteiger partial charge >= 0.3 is 5.97 Å². The maximum absolute atomic E-state index is 10.9. The maximum atomic E-state index is 10.9. The van der Waals surface area contributed by atoms with E-state index in [9.17, 15) is 9.59 Å². The lowest BCUT2D eigenvalue weighted by Gasteiger charge is -2.12. The van der Waals surface area contributed by atoms with E-state index in [-0.39, 0.29) is 11.7 Å². The fraction of sp³-hybridized carbons (Fsp3) is 0.273. The second kappa shape index (κ2) is 6.51. The minimum absolute atomic E-state index is 0.274. The van der Waals surface area contributed by atoms with Gasteiger partial charge in [-0.3, -0.25) is 4.79 Å². The first-order chi connectivity index (χ1) is 7.99. The molecule has 4 nitrogen and oxygen atoms in total. The number of halogens is 1. The van der Waals surface area contributed by atoms with Crippen molar-refractivity contribution in [1.29, 1.82) is 0 Å². The van der Waals surface area contributed by atoms with Crippen molar-refractivity contribution in [3.05, 3.63) is 29.3 Å². The molecule has 0 aromatic heterocycles. The average molecular weight is 274 g/mol. The summed E-state index contributed by atoms with van der Waals surface area (Å²) in [5.41, 5.74) is 0. The number of nitrogens with one attached hydrogen (secondary N) is 1. The summed E-state index contributed by atoms with van der Waals surface area (Å²) in [7, 11) is 0. The number of carboxylic acids is 1. The second-order valence-corrected chi connectivity index (χ2v) is 4.89. The van der Waals surface area contributed by atoms with Gasteiger partial charge in [-0.2, -0.15) is 0 Å². The van der Waals surface area contributed by atoms with Crippen molar-refractivity contribution in [1.82, 2.24) is 5.32 Å². The Morgan fingerprint density at radius 3 is 2.47 bits per heavy atom. The van der Waals surface area contributed by atoms with Crippen molar-refractivity contribution in [2.24, 2.45) is 0 Å². The normalized spacial score (nSPS) is 11.9. The monoisotopic (exact) mass is 273 g/mol. The van der Waals surface area contributed by atoms with Crippen LogP contribution in [0.4, 0.5) is 0 Å². The predicted octanol–water partition coefficient (Wildman–Crippen LogP) is 2.02. The molecule has 1 aromatic rings. The highest BCUT2D eigenvalue weighted by Crippen LogP contribution is 2.21. The molecule has 0 fully saturated rings. The lowest BCUT2D eigenvalue weighted by atomic mass is 10.3. The van der Waals surface area contributed by atoms with Crippen LogP contribution in [0.25, 0.3) is 0 Å². The summed E-state index contributed by atoms with van der Waals surface area (Å²) in [6.45, 7) is 1.29. The van der Waals surface area contributed by atoms with Crippen LogP contribution >= 0.6 is 23.4 Å². The molecule has 0 aliphatic carbocycles. The Bertz CT molecular complexity index is 408. The van der Waals surface area contributed by atoms with Crippen LogP contribution in [-0.2, 0) is 9.59 Å². The van der Waals surface area contributed by atoms with Gasteiger partial charge in [0.25, 0.3) is 0 Å². The predicted molar refractivity (Wildman–Crippen MR) is 67.4 cm³/mol. The second-order valence-electron chi connectivity index (χ2n) is 3.36. The molecule has 1 atom stereocenters. The molecule has 0 bridgehead atoms. The zero-order valence-corrected chi connectivity index (χ0v) is 10.7. The molecular formula is C11H12ClNO3S. The molecule has 0 heterocycles. The zero-order valence-electron chi connectivity index (χ0n) is 9.14. The van der Waals surface area contributed by atoms with Gasteiger partial charge < -0.3 is 10.4 Å². The Balaban J connectivity index is 2.54. The van der Waals surface area contributed by atoms with Crippen LogP contribution in [0.15, 0.2) is 29.2 Å². The summed E-state index contributed by atoms with van der Waals surface area (Å²) in [5.74, 6) is -1.12. The van der Waals surface area contributed by atoms with Crippen molar-refractivity contribution in [2.75, 3.05) is 5.75 Å². The number of hydrogen-bond acceptors (Lipinski definition) is 3. The number of carbonyl (C=O) groups excluding carboxylic acids is 1. The summed E-state index contributed by atoms with van der Waals surface area (Å²) < 4.78 is 0. The number of thioether (sulfide) groups is 1. The molecule has 0 aliphatic rings. The number of carboxylic acid groups (broad SMARTS) is 1. The van der Waals surface area contributed by atoms with E-state index in [0.29, 0.717) is 5.02 Å². The number of amides is 1. The maximum Gasteiger partial charge on any atom is 0.327 e. The topological polar surface area (TPSA) is 66.4 Å². The summed E-state index contributed by atoms with van der Waals surface area (Å²) in [6, 6.07) is 6.20. The number of carbonyl (C=O) groups is 2. The van der Waals surface area contributed by atoms with Crippen LogP contribution in [0.5, 0.6) is 0 Å². The van der Waals surface area contributed by atoms with E-state index in [1.807, 2.05) is 0 Å². The van der Waals surface area contributed by atoms with Crippen LogP contribution in [0, 0.1) is 0 Å². The lowest BCUT2D eigenvalue weighted by molar-refractivity contribution is -0.140. The summed E-state index contributed by atoms with van der Waals surface area (Å²) in [4.78, 5) is 22.6. The van der Waals surface area contributed by atoms with Gasteiger partial charge in [0.05, 0.1) is 0 Å². The van der Waals surface area contributed by atoms with Crippen molar-refractivity contribution in [3.8, 4) is 0 Å². The van der Waals surface area contributed by atoms with Gasteiger partial charge in [-0.15, -0.1) is 11.8 Å². The smallest absolute Gasteiger partial charge is 0.327 e. The molecule has 1 rings (SSSR count). The molecule has 2 N–H and O–H groups in total. The van der Waals surface area contributed by atoms with Crippen molar-refractivity contribution in [3.63, 3.8) is 0 Å². The molecule has 0 saturated carbocycles. The molecule has 0 saturated heterocycles. The summed E-state index contributed by atoms with van der Waals surface area (Å²) in [5, 5.41) is 11.9. The van der Waals surface area contributed by atoms with Crippen molar-refractivity contribution >= 4 is 35.2 Å². The van der Waals surface area contributed by atoms with Gasteiger partial charge in [0.1, 0.15) is 6.04 Å². The quantitative estimate of drug-likeness (QED) is 0.806. The summed E-state index contributed by atoms with van der Waals surface area (Å²) >= 11 is 7.09. The number of rotatable bonds is 5. The highest BCUT2D eigenvalue weighted by molar-refractivity contribution is 7.99. The fourth-order valence-electron chi connectivity index (χ4n) is 1.13. The highest BCUT2D eigenvalue weighted by Gasteiger charge is 2.18. The van der Waals surface area contributed by atoms with E-state index in [1.54, 1.807) is 24.3 Å². The van der Waals surface area contributed by atoms with E-state index >= 15 is 0 Å². The molecule has 0 spiro atoms. The Labute approximate surface area is 108 Å². The number of benzene rings is 1. The van der Waals surface area contributed by atoms with E-state index in [0.717, 1.165) is 4.90 Å². The Kier molecular flexibility index (Phi) is 5.31. The first kappa shape index (κ1) is 13.9. The molecule has 17 heavy (non-hydrogen) atoms. The number of aliphatic carboxylic acids is 1.